The van der Waals surface area contributed by atoms with Crippen LogP contribution in [0.4, 0.5) is 4.39 Å². The topological polar surface area (TPSA) is 32.3 Å². The summed E-state index contributed by atoms with van der Waals surface area (Å²) >= 11 is 5.75. The van der Waals surface area contributed by atoms with Crippen LogP contribution in [-0.4, -0.2) is 18.3 Å². The molecular formula is C14H21ClFNO. The smallest absolute Gasteiger partial charge is 0.141 e. The zero-order chi connectivity index (χ0) is 13.5. The fourth-order valence-corrected chi connectivity index (χ4v) is 1.95. The molecule has 4 heteroatoms. The molecule has 0 aliphatic carbocycles. The van der Waals surface area contributed by atoms with Gasteiger partial charge in [-0.2, -0.15) is 0 Å². The zero-order valence-corrected chi connectivity index (χ0v) is 11.7. The lowest BCUT2D eigenvalue weighted by Gasteiger charge is -2.15. The van der Waals surface area contributed by atoms with Crippen molar-refractivity contribution in [2.45, 2.75) is 32.7 Å². The van der Waals surface area contributed by atoms with Crippen molar-refractivity contribution in [3.05, 3.63) is 34.6 Å². The van der Waals surface area contributed by atoms with Gasteiger partial charge < -0.3 is 10.4 Å². The van der Waals surface area contributed by atoms with Gasteiger partial charge in [0.25, 0.3) is 0 Å². The van der Waals surface area contributed by atoms with Gasteiger partial charge in [0.15, 0.2) is 0 Å². The van der Waals surface area contributed by atoms with Gasteiger partial charge in [-0.25, -0.2) is 4.39 Å². The van der Waals surface area contributed by atoms with E-state index in [1.165, 1.54) is 6.07 Å². The first-order valence-electron chi connectivity index (χ1n) is 6.33. The van der Waals surface area contributed by atoms with Gasteiger partial charge in [-0.05, 0) is 49.9 Å². The Kier molecular flexibility index (Phi) is 6.61. The van der Waals surface area contributed by atoms with Crippen molar-refractivity contribution in [3.8, 4) is 0 Å². The number of nitrogens with one attached hydrogen (secondary N) is 1. The number of hydrogen-bond donors (Lipinski definition) is 2. The summed E-state index contributed by atoms with van der Waals surface area (Å²) in [6, 6.07) is 4.94. The Morgan fingerprint density at radius 3 is 2.72 bits per heavy atom. The Labute approximate surface area is 113 Å². The molecule has 0 aliphatic heterocycles. The minimum Gasteiger partial charge on any atom is -0.396 e. The summed E-state index contributed by atoms with van der Waals surface area (Å²) in [5.41, 5.74) is 0.983. The first-order valence-corrected chi connectivity index (χ1v) is 6.71. The van der Waals surface area contributed by atoms with Crippen LogP contribution in [0.1, 0.15) is 38.3 Å². The van der Waals surface area contributed by atoms with Crippen LogP contribution in [0.25, 0.3) is 0 Å². The Hall–Kier alpha value is -0.640. The van der Waals surface area contributed by atoms with Crippen molar-refractivity contribution in [2.24, 2.45) is 5.92 Å². The fraction of sp³-hybridized carbons (Fsp3) is 0.571. The standard InChI is InChI=1S/C14H21ClFNO/c1-10(9-18)4-3-7-17-11(2)12-5-6-14(16)13(15)8-12/h5-6,8,10-11,17-18H,3-4,7,9H2,1-2H3. The quantitative estimate of drug-likeness (QED) is 0.745. The van der Waals surface area contributed by atoms with Crippen LogP contribution < -0.4 is 5.32 Å². The largest absolute Gasteiger partial charge is 0.396 e. The first kappa shape index (κ1) is 15.4. The van der Waals surface area contributed by atoms with Crippen LogP contribution in [0.2, 0.25) is 5.02 Å². The van der Waals surface area contributed by atoms with Crippen molar-refractivity contribution in [1.29, 1.82) is 0 Å². The normalized spacial score (nSPS) is 14.5. The summed E-state index contributed by atoms with van der Waals surface area (Å²) < 4.78 is 13.0. The molecule has 0 heterocycles. The highest BCUT2D eigenvalue weighted by Crippen LogP contribution is 2.20. The van der Waals surface area contributed by atoms with Gasteiger partial charge in [0.05, 0.1) is 5.02 Å². The van der Waals surface area contributed by atoms with Gasteiger partial charge in [0.1, 0.15) is 5.82 Å². The monoisotopic (exact) mass is 273 g/mol. The summed E-state index contributed by atoms with van der Waals surface area (Å²) in [6.07, 6.45) is 2.02. The van der Waals surface area contributed by atoms with Crippen LogP contribution in [0.5, 0.6) is 0 Å². The SMILES string of the molecule is CC(CO)CCCNC(C)c1ccc(F)c(Cl)c1. The highest BCUT2D eigenvalue weighted by molar-refractivity contribution is 6.30. The minimum atomic E-state index is -0.385. The minimum absolute atomic E-state index is 0.146. The molecule has 0 saturated carbocycles. The van der Waals surface area contributed by atoms with E-state index in [2.05, 4.69) is 5.32 Å². The van der Waals surface area contributed by atoms with Crippen molar-refractivity contribution in [3.63, 3.8) is 0 Å². The molecule has 0 radical (unpaired) electrons. The first-order chi connectivity index (χ1) is 8.54. The maximum Gasteiger partial charge on any atom is 0.141 e. The predicted octanol–water partition coefficient (Wildman–Crippen LogP) is 3.54. The molecule has 2 atom stereocenters. The second-order valence-electron chi connectivity index (χ2n) is 4.78. The highest BCUT2D eigenvalue weighted by Gasteiger charge is 2.08. The third-order valence-corrected chi connectivity index (χ3v) is 3.37. The molecule has 0 aliphatic rings. The molecule has 2 N–H and O–H groups in total. The molecule has 0 spiro atoms. The van der Waals surface area contributed by atoms with Gasteiger partial charge in [0, 0.05) is 12.6 Å². The fourth-order valence-electron chi connectivity index (χ4n) is 1.76. The predicted molar refractivity (Wildman–Crippen MR) is 73.3 cm³/mol. The summed E-state index contributed by atoms with van der Waals surface area (Å²) in [7, 11) is 0. The van der Waals surface area contributed by atoms with Gasteiger partial charge in [-0.15, -0.1) is 0 Å². The van der Waals surface area contributed by atoms with Crippen molar-refractivity contribution >= 4 is 11.6 Å². The van der Waals surface area contributed by atoms with Crippen LogP contribution in [-0.2, 0) is 0 Å². The average molecular weight is 274 g/mol. The number of aliphatic hydroxyl groups is 1. The van der Waals surface area contributed by atoms with Crippen molar-refractivity contribution in [1.82, 2.24) is 5.32 Å². The molecule has 0 fully saturated rings. The highest BCUT2D eigenvalue weighted by atomic mass is 35.5. The molecule has 0 aromatic heterocycles. The van der Waals surface area contributed by atoms with E-state index in [4.69, 9.17) is 16.7 Å². The Morgan fingerprint density at radius 2 is 2.11 bits per heavy atom. The van der Waals surface area contributed by atoms with Crippen LogP contribution in [0.3, 0.4) is 0 Å². The second-order valence-corrected chi connectivity index (χ2v) is 5.19. The third kappa shape index (κ3) is 4.92. The maximum atomic E-state index is 13.0. The molecule has 1 aromatic rings. The summed E-state index contributed by atoms with van der Waals surface area (Å²) in [6.45, 7) is 5.17. The lowest BCUT2D eigenvalue weighted by atomic mass is 10.1. The summed E-state index contributed by atoms with van der Waals surface area (Å²) in [5, 5.41) is 12.4. The zero-order valence-electron chi connectivity index (χ0n) is 10.9. The molecule has 0 saturated heterocycles. The molecule has 0 amide bonds. The molecule has 0 bridgehead atoms. The van der Waals surface area contributed by atoms with E-state index in [1.54, 1.807) is 12.1 Å². The van der Waals surface area contributed by atoms with Crippen molar-refractivity contribution in [2.75, 3.05) is 13.2 Å². The Balaban J connectivity index is 2.36. The molecule has 2 unspecified atom stereocenters. The van der Waals surface area contributed by atoms with Crippen molar-refractivity contribution < 1.29 is 9.50 Å². The van der Waals surface area contributed by atoms with E-state index in [0.717, 1.165) is 24.9 Å². The van der Waals surface area contributed by atoms with Gasteiger partial charge in [-0.3, -0.25) is 0 Å². The van der Waals surface area contributed by atoms with E-state index >= 15 is 0 Å². The lowest BCUT2D eigenvalue weighted by Crippen LogP contribution is -2.20. The Morgan fingerprint density at radius 1 is 1.39 bits per heavy atom. The third-order valence-electron chi connectivity index (χ3n) is 3.08. The van der Waals surface area contributed by atoms with Gasteiger partial charge in [0.2, 0.25) is 0 Å². The van der Waals surface area contributed by atoms with E-state index in [1.807, 2.05) is 13.8 Å². The van der Waals surface area contributed by atoms with E-state index in [-0.39, 0.29) is 23.5 Å². The van der Waals surface area contributed by atoms with E-state index in [0.29, 0.717) is 5.92 Å². The number of rotatable bonds is 7. The number of aliphatic hydroxyl groups excluding tert-OH is 1. The number of hydrogen-bond acceptors (Lipinski definition) is 2. The van der Waals surface area contributed by atoms with Crippen LogP contribution in [0, 0.1) is 11.7 Å². The summed E-state index contributed by atoms with van der Waals surface area (Å²) in [5.74, 6) is -0.0354. The molecule has 18 heavy (non-hydrogen) atoms. The van der Waals surface area contributed by atoms with Gasteiger partial charge in [-0.1, -0.05) is 24.6 Å². The molecular weight excluding hydrogens is 253 g/mol. The van der Waals surface area contributed by atoms with Crippen LogP contribution in [0.15, 0.2) is 18.2 Å². The number of halogens is 2. The Bertz CT molecular complexity index is 373. The van der Waals surface area contributed by atoms with Gasteiger partial charge >= 0.3 is 0 Å². The van der Waals surface area contributed by atoms with Crippen LogP contribution >= 0.6 is 11.6 Å². The molecule has 102 valence electrons. The molecule has 2 nitrogen and oxygen atoms in total. The second kappa shape index (κ2) is 7.72. The lowest BCUT2D eigenvalue weighted by molar-refractivity contribution is 0.227. The van der Waals surface area contributed by atoms with E-state index in [9.17, 15) is 4.39 Å². The summed E-state index contributed by atoms with van der Waals surface area (Å²) in [4.78, 5) is 0. The molecule has 1 aromatic carbocycles. The van der Waals surface area contributed by atoms with E-state index < -0.39 is 0 Å². The maximum absolute atomic E-state index is 13.0. The average Bonchev–Trinajstić information content (AvgIpc) is 2.37. The number of benzene rings is 1. The molecule has 1 rings (SSSR count).